The zero-order valence-corrected chi connectivity index (χ0v) is 6.07. The maximum atomic E-state index is 9.27. The van der Waals surface area contributed by atoms with Crippen LogP contribution in [0.3, 0.4) is 0 Å². The van der Waals surface area contributed by atoms with Gasteiger partial charge in [0.1, 0.15) is 5.82 Å². The van der Waals surface area contributed by atoms with Crippen molar-refractivity contribution in [3.05, 3.63) is 23.9 Å². The highest BCUT2D eigenvalue weighted by atomic mass is 16.3. The van der Waals surface area contributed by atoms with Crippen LogP contribution in [0.2, 0.25) is 0 Å². The fraction of sp³-hybridized carbons (Fsp3) is 0.286. The number of aliphatic hydroxyl groups excluding tert-OH is 1. The molecule has 60 valence electrons. The largest absolute Gasteiger partial charge is 0.387 e. The van der Waals surface area contributed by atoms with E-state index in [0.29, 0.717) is 11.4 Å². The third-order valence-corrected chi connectivity index (χ3v) is 1.45. The second-order valence-electron chi connectivity index (χ2n) is 2.23. The van der Waals surface area contributed by atoms with Crippen molar-refractivity contribution in [2.75, 3.05) is 12.3 Å². The first-order chi connectivity index (χ1) is 5.25. The van der Waals surface area contributed by atoms with Crippen molar-refractivity contribution in [3.8, 4) is 0 Å². The lowest BCUT2D eigenvalue weighted by Crippen LogP contribution is -2.13. The zero-order chi connectivity index (χ0) is 8.27. The van der Waals surface area contributed by atoms with Crippen LogP contribution < -0.4 is 11.5 Å². The second-order valence-corrected chi connectivity index (χ2v) is 2.23. The Hall–Kier alpha value is -1.13. The first kappa shape index (κ1) is 7.97. The summed E-state index contributed by atoms with van der Waals surface area (Å²) in [5.41, 5.74) is 11.3. The fourth-order valence-corrected chi connectivity index (χ4v) is 0.839. The molecule has 5 N–H and O–H groups in total. The van der Waals surface area contributed by atoms with E-state index < -0.39 is 6.10 Å². The lowest BCUT2D eigenvalue weighted by molar-refractivity contribution is 0.187. The standard InChI is InChI=1S/C7H11N3O/c8-4-6(11)5-2-1-3-10-7(5)9/h1-3,6,11H,4,8H2,(H2,9,10). The van der Waals surface area contributed by atoms with Gasteiger partial charge in [0.2, 0.25) is 0 Å². The summed E-state index contributed by atoms with van der Waals surface area (Å²) in [6, 6.07) is 3.42. The maximum Gasteiger partial charge on any atom is 0.129 e. The Morgan fingerprint density at radius 1 is 1.64 bits per heavy atom. The molecule has 4 nitrogen and oxygen atoms in total. The van der Waals surface area contributed by atoms with Crippen LogP contribution >= 0.6 is 0 Å². The van der Waals surface area contributed by atoms with Crippen molar-refractivity contribution in [3.63, 3.8) is 0 Å². The van der Waals surface area contributed by atoms with Crippen LogP contribution in [0.1, 0.15) is 11.7 Å². The first-order valence-corrected chi connectivity index (χ1v) is 3.34. The lowest BCUT2D eigenvalue weighted by Gasteiger charge is -2.08. The average Bonchev–Trinajstić information content (AvgIpc) is 2.04. The molecule has 0 aliphatic heterocycles. The maximum absolute atomic E-state index is 9.27. The topological polar surface area (TPSA) is 85.2 Å². The molecule has 0 aromatic carbocycles. The summed E-state index contributed by atoms with van der Waals surface area (Å²) in [4.78, 5) is 3.81. The number of aromatic nitrogens is 1. The van der Waals surface area contributed by atoms with Gasteiger partial charge < -0.3 is 16.6 Å². The number of anilines is 1. The van der Waals surface area contributed by atoms with Crippen molar-refractivity contribution < 1.29 is 5.11 Å². The number of nitrogens with two attached hydrogens (primary N) is 2. The molecular weight excluding hydrogens is 142 g/mol. The van der Waals surface area contributed by atoms with Gasteiger partial charge in [-0.3, -0.25) is 0 Å². The van der Waals surface area contributed by atoms with E-state index in [-0.39, 0.29) is 6.54 Å². The van der Waals surface area contributed by atoms with Crippen molar-refractivity contribution in [2.45, 2.75) is 6.10 Å². The van der Waals surface area contributed by atoms with Crippen LogP contribution in [0, 0.1) is 0 Å². The van der Waals surface area contributed by atoms with Gasteiger partial charge >= 0.3 is 0 Å². The Morgan fingerprint density at radius 2 is 2.36 bits per heavy atom. The van der Waals surface area contributed by atoms with Crippen LogP contribution in [-0.4, -0.2) is 16.6 Å². The van der Waals surface area contributed by atoms with Crippen molar-refractivity contribution in [1.82, 2.24) is 4.98 Å². The zero-order valence-electron chi connectivity index (χ0n) is 6.07. The van der Waals surface area contributed by atoms with Gasteiger partial charge in [-0.2, -0.15) is 0 Å². The quantitative estimate of drug-likeness (QED) is 0.542. The number of aliphatic hydroxyl groups is 1. The highest BCUT2D eigenvalue weighted by Gasteiger charge is 2.07. The minimum atomic E-state index is -0.705. The monoisotopic (exact) mass is 153 g/mol. The van der Waals surface area contributed by atoms with E-state index in [2.05, 4.69) is 4.98 Å². The van der Waals surface area contributed by atoms with Gasteiger partial charge in [-0.1, -0.05) is 6.07 Å². The minimum absolute atomic E-state index is 0.163. The second kappa shape index (κ2) is 3.32. The van der Waals surface area contributed by atoms with Crippen LogP contribution in [0.15, 0.2) is 18.3 Å². The van der Waals surface area contributed by atoms with Crippen LogP contribution in [0.4, 0.5) is 5.82 Å². The summed E-state index contributed by atoms with van der Waals surface area (Å²) >= 11 is 0. The fourth-order valence-electron chi connectivity index (χ4n) is 0.839. The van der Waals surface area contributed by atoms with Gasteiger partial charge in [0.15, 0.2) is 0 Å². The minimum Gasteiger partial charge on any atom is -0.387 e. The van der Waals surface area contributed by atoms with Crippen LogP contribution in [-0.2, 0) is 0 Å². The van der Waals surface area contributed by atoms with Gasteiger partial charge in [0.25, 0.3) is 0 Å². The molecule has 0 fully saturated rings. The van der Waals surface area contributed by atoms with Crippen molar-refractivity contribution >= 4 is 5.82 Å². The van der Waals surface area contributed by atoms with Gasteiger partial charge in [0.05, 0.1) is 6.10 Å². The number of nitrogen functional groups attached to an aromatic ring is 1. The molecule has 0 aliphatic rings. The molecule has 0 amide bonds. The Balaban J connectivity index is 2.93. The molecule has 1 aromatic rings. The molecule has 0 saturated carbocycles. The molecule has 0 saturated heterocycles. The number of hydrogen-bond acceptors (Lipinski definition) is 4. The predicted octanol–water partition coefficient (Wildman–Crippen LogP) is -0.344. The summed E-state index contributed by atoms with van der Waals surface area (Å²) in [5, 5.41) is 9.27. The summed E-state index contributed by atoms with van der Waals surface area (Å²) in [6.45, 7) is 0.163. The molecule has 4 heteroatoms. The molecule has 0 bridgehead atoms. The highest BCUT2D eigenvalue weighted by Crippen LogP contribution is 2.15. The number of pyridine rings is 1. The van der Waals surface area contributed by atoms with Gasteiger partial charge in [-0.05, 0) is 6.07 Å². The molecule has 1 rings (SSSR count). The van der Waals surface area contributed by atoms with E-state index in [1.54, 1.807) is 18.3 Å². The summed E-state index contributed by atoms with van der Waals surface area (Å²) in [7, 11) is 0. The Labute approximate surface area is 64.9 Å². The Kier molecular flexibility index (Phi) is 2.40. The van der Waals surface area contributed by atoms with Crippen molar-refractivity contribution in [2.24, 2.45) is 5.73 Å². The molecule has 0 radical (unpaired) electrons. The molecule has 1 aromatic heterocycles. The SMILES string of the molecule is NCC(O)c1cccnc1N. The number of rotatable bonds is 2. The third kappa shape index (κ3) is 1.66. The van der Waals surface area contributed by atoms with E-state index in [0.717, 1.165) is 0 Å². The van der Waals surface area contributed by atoms with Gasteiger partial charge in [-0.15, -0.1) is 0 Å². The average molecular weight is 153 g/mol. The number of hydrogen-bond donors (Lipinski definition) is 3. The summed E-state index contributed by atoms with van der Waals surface area (Å²) < 4.78 is 0. The van der Waals surface area contributed by atoms with Crippen molar-refractivity contribution in [1.29, 1.82) is 0 Å². The summed E-state index contributed by atoms with van der Waals surface area (Å²) in [5.74, 6) is 0.338. The number of nitrogens with zero attached hydrogens (tertiary/aromatic N) is 1. The molecule has 0 spiro atoms. The van der Waals surface area contributed by atoms with Crippen LogP contribution in [0.5, 0.6) is 0 Å². The molecular formula is C7H11N3O. The normalized spacial score (nSPS) is 12.9. The Morgan fingerprint density at radius 3 is 2.91 bits per heavy atom. The summed E-state index contributed by atoms with van der Waals surface area (Å²) in [6.07, 6.45) is 0.867. The van der Waals surface area contributed by atoms with E-state index in [1.807, 2.05) is 0 Å². The molecule has 1 heterocycles. The molecule has 11 heavy (non-hydrogen) atoms. The molecule has 1 unspecified atom stereocenters. The predicted molar refractivity (Wildman–Crippen MR) is 42.7 cm³/mol. The third-order valence-electron chi connectivity index (χ3n) is 1.45. The van der Waals surface area contributed by atoms with E-state index in [9.17, 15) is 5.11 Å². The van der Waals surface area contributed by atoms with Crippen LogP contribution in [0.25, 0.3) is 0 Å². The molecule has 1 atom stereocenters. The van der Waals surface area contributed by atoms with Gasteiger partial charge in [0, 0.05) is 18.3 Å². The highest BCUT2D eigenvalue weighted by molar-refractivity contribution is 5.40. The van der Waals surface area contributed by atoms with E-state index in [1.165, 1.54) is 0 Å². The molecule has 0 aliphatic carbocycles. The Bertz CT molecular complexity index is 239. The van der Waals surface area contributed by atoms with E-state index in [4.69, 9.17) is 11.5 Å². The lowest BCUT2D eigenvalue weighted by atomic mass is 10.1. The first-order valence-electron chi connectivity index (χ1n) is 3.34. The van der Waals surface area contributed by atoms with Gasteiger partial charge in [-0.25, -0.2) is 4.98 Å². The smallest absolute Gasteiger partial charge is 0.129 e. The van der Waals surface area contributed by atoms with E-state index >= 15 is 0 Å².